The minimum atomic E-state index is -3.88. The Bertz CT molecular complexity index is 1780. The van der Waals surface area contributed by atoms with E-state index in [1.54, 1.807) is 65.8 Å². The van der Waals surface area contributed by atoms with Crippen molar-refractivity contribution < 1.29 is 32.7 Å². The Labute approximate surface area is 279 Å². The molecule has 0 unspecified atom stereocenters. The van der Waals surface area contributed by atoms with Crippen LogP contribution in [0.15, 0.2) is 107 Å². The molecule has 0 spiro atoms. The number of nitrogens with two attached hydrogens (primary N) is 1. The van der Waals surface area contributed by atoms with E-state index < -0.39 is 16.1 Å². The van der Waals surface area contributed by atoms with Gasteiger partial charge in [0.25, 0.3) is 15.9 Å². The number of rotatable bonds is 15. The Hall–Kier alpha value is -5.63. The number of benzene rings is 3. The summed E-state index contributed by atoms with van der Waals surface area (Å²) in [6.07, 6.45) is 3.48. The topological polar surface area (TPSA) is 186 Å². The maximum atomic E-state index is 13.3. The SMILES string of the molecule is CNC(=O)COc1ccc(COC(=O)N(CCc2ccc(NS(=O)(=O)c3ccc(/C(N)=N\O)cc3)cc2)C[C@H](C)c2cccnc2)cc1. The second kappa shape index (κ2) is 16.8. The number of aromatic nitrogens is 1. The number of oxime groups is 1. The zero-order valence-corrected chi connectivity index (χ0v) is 27.4. The van der Waals surface area contributed by atoms with E-state index in [1.165, 1.54) is 31.3 Å². The third-order valence-electron chi connectivity index (χ3n) is 7.38. The number of amides is 2. The van der Waals surface area contributed by atoms with Gasteiger partial charge in [-0.2, -0.15) is 0 Å². The smallest absolute Gasteiger partial charge is 0.410 e. The Morgan fingerprint density at radius 3 is 2.31 bits per heavy atom. The molecular formula is C34H38N6O7S. The van der Waals surface area contributed by atoms with E-state index in [-0.39, 0.29) is 35.8 Å². The van der Waals surface area contributed by atoms with Gasteiger partial charge in [0.05, 0.1) is 4.90 Å². The van der Waals surface area contributed by atoms with Gasteiger partial charge in [0, 0.05) is 49.7 Å². The van der Waals surface area contributed by atoms with Gasteiger partial charge in [0.2, 0.25) is 0 Å². The van der Waals surface area contributed by atoms with E-state index >= 15 is 0 Å². The Morgan fingerprint density at radius 1 is 1.00 bits per heavy atom. The van der Waals surface area contributed by atoms with Crippen molar-refractivity contribution in [2.75, 3.05) is 31.5 Å². The number of ether oxygens (including phenoxy) is 2. The summed E-state index contributed by atoms with van der Waals surface area (Å²) >= 11 is 0. The molecule has 252 valence electrons. The molecule has 4 aromatic rings. The first-order valence-corrected chi connectivity index (χ1v) is 16.5. The molecule has 1 heterocycles. The molecule has 2 amide bonds. The molecule has 3 aromatic carbocycles. The number of likely N-dealkylation sites (N-methyl/N-ethyl adjacent to an activating group) is 1. The molecule has 0 bridgehead atoms. The number of carbonyl (C=O) groups excluding carboxylic acids is 2. The van der Waals surface area contributed by atoms with Crippen LogP contribution in [0.5, 0.6) is 5.75 Å². The summed E-state index contributed by atoms with van der Waals surface area (Å²) < 4.78 is 39.4. The van der Waals surface area contributed by atoms with Crippen LogP contribution in [0.2, 0.25) is 0 Å². The number of sulfonamides is 1. The lowest BCUT2D eigenvalue weighted by Crippen LogP contribution is -2.36. The molecule has 0 radical (unpaired) electrons. The normalized spacial score (nSPS) is 12.1. The van der Waals surface area contributed by atoms with Gasteiger partial charge in [0.15, 0.2) is 12.4 Å². The van der Waals surface area contributed by atoms with Crippen molar-refractivity contribution in [2.24, 2.45) is 10.9 Å². The number of anilines is 1. The lowest BCUT2D eigenvalue weighted by atomic mass is 10.0. The van der Waals surface area contributed by atoms with E-state index in [1.807, 2.05) is 19.1 Å². The van der Waals surface area contributed by atoms with Crippen molar-refractivity contribution in [3.05, 3.63) is 120 Å². The van der Waals surface area contributed by atoms with Crippen LogP contribution in [-0.4, -0.2) is 68.1 Å². The lowest BCUT2D eigenvalue weighted by molar-refractivity contribution is -0.122. The highest BCUT2D eigenvalue weighted by molar-refractivity contribution is 7.92. The van der Waals surface area contributed by atoms with Crippen LogP contribution in [0.1, 0.15) is 35.1 Å². The molecule has 1 atom stereocenters. The van der Waals surface area contributed by atoms with Crippen molar-refractivity contribution in [3.8, 4) is 5.75 Å². The molecule has 0 aliphatic carbocycles. The van der Waals surface area contributed by atoms with E-state index in [0.29, 0.717) is 36.5 Å². The molecule has 5 N–H and O–H groups in total. The van der Waals surface area contributed by atoms with Gasteiger partial charge in [-0.05, 0) is 77.7 Å². The molecule has 0 aliphatic heterocycles. The Balaban J connectivity index is 1.38. The molecule has 0 saturated carbocycles. The fraction of sp³-hybridized carbons (Fsp3) is 0.235. The molecule has 14 heteroatoms. The Morgan fingerprint density at radius 2 is 1.69 bits per heavy atom. The molecule has 48 heavy (non-hydrogen) atoms. The van der Waals surface area contributed by atoms with E-state index in [2.05, 4.69) is 20.2 Å². The fourth-order valence-corrected chi connectivity index (χ4v) is 5.64. The average Bonchev–Trinajstić information content (AvgIpc) is 3.12. The second-order valence-electron chi connectivity index (χ2n) is 10.9. The van der Waals surface area contributed by atoms with Crippen LogP contribution in [0.4, 0.5) is 10.5 Å². The third kappa shape index (κ3) is 10.2. The Kier molecular flexibility index (Phi) is 12.3. The quantitative estimate of drug-likeness (QED) is 0.0624. The third-order valence-corrected chi connectivity index (χ3v) is 8.78. The van der Waals surface area contributed by atoms with Gasteiger partial charge in [0.1, 0.15) is 12.4 Å². The number of hydrogen-bond acceptors (Lipinski definition) is 9. The number of pyridine rings is 1. The van der Waals surface area contributed by atoms with Crippen molar-refractivity contribution in [2.45, 2.75) is 30.8 Å². The maximum Gasteiger partial charge on any atom is 0.410 e. The van der Waals surface area contributed by atoms with Crippen LogP contribution in [0.25, 0.3) is 0 Å². The van der Waals surface area contributed by atoms with Gasteiger partial charge in [-0.25, -0.2) is 13.2 Å². The van der Waals surface area contributed by atoms with Crippen molar-refractivity contribution in [1.29, 1.82) is 0 Å². The van der Waals surface area contributed by atoms with E-state index in [9.17, 15) is 18.0 Å². The minimum Gasteiger partial charge on any atom is -0.484 e. The largest absolute Gasteiger partial charge is 0.484 e. The first-order valence-electron chi connectivity index (χ1n) is 15.0. The zero-order valence-electron chi connectivity index (χ0n) is 26.6. The number of hydrogen-bond donors (Lipinski definition) is 4. The summed E-state index contributed by atoms with van der Waals surface area (Å²) in [7, 11) is -2.35. The highest BCUT2D eigenvalue weighted by Crippen LogP contribution is 2.20. The number of carbonyl (C=O) groups is 2. The molecule has 13 nitrogen and oxygen atoms in total. The molecule has 0 fully saturated rings. The summed E-state index contributed by atoms with van der Waals surface area (Å²) in [4.78, 5) is 30.6. The second-order valence-corrected chi connectivity index (χ2v) is 12.5. The summed E-state index contributed by atoms with van der Waals surface area (Å²) in [5.74, 6) is 0.141. The molecule has 0 saturated heterocycles. The number of nitrogens with one attached hydrogen (secondary N) is 2. The van der Waals surface area contributed by atoms with E-state index in [0.717, 1.165) is 16.7 Å². The van der Waals surface area contributed by atoms with Crippen LogP contribution in [0, 0.1) is 0 Å². The summed E-state index contributed by atoms with van der Waals surface area (Å²) in [6.45, 7) is 2.71. The lowest BCUT2D eigenvalue weighted by Gasteiger charge is -2.25. The standard InChI is InChI=1S/C34H38N6O7S/c1-24(28-4-3-18-37-20-28)21-40(34(42)47-22-26-7-13-30(14-8-26)46-23-32(41)36-2)19-17-25-5-11-29(12-6-25)39-48(44,45)31-15-9-27(10-16-31)33(35)38-43/h3-16,18,20,24,39,43H,17,19,21-23H2,1-2H3,(H2,35,38)(H,36,41)/t24-/m0/s1. The number of nitrogens with zero attached hydrogens (tertiary/aromatic N) is 3. The van der Waals surface area contributed by atoms with Crippen LogP contribution in [-0.2, 0) is 32.6 Å². The van der Waals surface area contributed by atoms with Gasteiger partial charge >= 0.3 is 6.09 Å². The highest BCUT2D eigenvalue weighted by atomic mass is 32.2. The molecule has 4 rings (SSSR count). The summed E-state index contributed by atoms with van der Waals surface area (Å²) in [5, 5.41) is 14.2. The minimum absolute atomic E-state index is 0.0128. The van der Waals surface area contributed by atoms with Gasteiger partial charge in [-0.15, -0.1) is 0 Å². The maximum absolute atomic E-state index is 13.3. The predicted molar refractivity (Wildman–Crippen MR) is 180 cm³/mol. The van der Waals surface area contributed by atoms with Crippen LogP contribution < -0.4 is 20.5 Å². The summed E-state index contributed by atoms with van der Waals surface area (Å²) in [6, 6.07) is 23.3. The monoisotopic (exact) mass is 674 g/mol. The molecular weight excluding hydrogens is 636 g/mol. The first-order chi connectivity index (χ1) is 23.1. The molecule has 1 aromatic heterocycles. The predicted octanol–water partition coefficient (Wildman–Crippen LogP) is 4.09. The van der Waals surface area contributed by atoms with Crippen molar-refractivity contribution in [1.82, 2.24) is 15.2 Å². The van der Waals surface area contributed by atoms with Gasteiger partial charge in [-0.1, -0.05) is 42.4 Å². The van der Waals surface area contributed by atoms with Crippen molar-refractivity contribution in [3.63, 3.8) is 0 Å². The fourth-order valence-electron chi connectivity index (χ4n) is 4.58. The highest BCUT2D eigenvalue weighted by Gasteiger charge is 2.20. The molecule has 0 aliphatic rings. The first kappa shape index (κ1) is 35.2. The van der Waals surface area contributed by atoms with Crippen molar-refractivity contribution >= 4 is 33.5 Å². The zero-order chi connectivity index (χ0) is 34.5. The van der Waals surface area contributed by atoms with E-state index in [4.69, 9.17) is 20.4 Å². The van der Waals surface area contributed by atoms with Gasteiger partial charge < -0.3 is 30.6 Å². The number of amidine groups is 1. The summed E-state index contributed by atoms with van der Waals surface area (Å²) in [5.41, 5.74) is 8.93. The van der Waals surface area contributed by atoms with Gasteiger partial charge in [-0.3, -0.25) is 14.5 Å². The van der Waals surface area contributed by atoms with Crippen LogP contribution in [0.3, 0.4) is 0 Å². The average molecular weight is 675 g/mol. The van der Waals surface area contributed by atoms with Crippen LogP contribution >= 0.6 is 0 Å².